The van der Waals surface area contributed by atoms with Crippen LogP contribution in [0.25, 0.3) is 0 Å². The van der Waals surface area contributed by atoms with Gasteiger partial charge in [0.2, 0.25) is 0 Å². The molecule has 1 rings (SSSR count). The zero-order valence-electron chi connectivity index (χ0n) is 7.70. The van der Waals surface area contributed by atoms with E-state index in [2.05, 4.69) is 6.58 Å². The highest BCUT2D eigenvalue weighted by Gasteiger charge is 2.56. The predicted molar refractivity (Wildman–Crippen MR) is 43.2 cm³/mol. The summed E-state index contributed by atoms with van der Waals surface area (Å²) in [6, 6.07) is 0. The fourth-order valence-electron chi connectivity index (χ4n) is 2.01. The van der Waals surface area contributed by atoms with Gasteiger partial charge >= 0.3 is 6.18 Å². The van der Waals surface area contributed by atoms with Crippen LogP contribution in [0.3, 0.4) is 0 Å². The zero-order chi connectivity index (χ0) is 10.5. The Balaban J connectivity index is 2.71. The Morgan fingerprint density at radius 2 is 1.69 bits per heavy atom. The van der Waals surface area contributed by atoms with E-state index in [0.29, 0.717) is 0 Å². The number of hydrogen-bond donors (Lipinski definition) is 1. The van der Waals surface area contributed by atoms with E-state index in [1.54, 1.807) is 0 Å². The van der Waals surface area contributed by atoms with Gasteiger partial charge < -0.3 is 5.11 Å². The Bertz CT molecular complexity index is 232. The average Bonchev–Trinajstić information content (AvgIpc) is 1.79. The van der Waals surface area contributed by atoms with E-state index >= 15 is 0 Å². The summed E-state index contributed by atoms with van der Waals surface area (Å²) >= 11 is 0. The molecule has 0 radical (unpaired) electrons. The molecule has 13 heavy (non-hydrogen) atoms. The largest absolute Gasteiger partial charge is 0.414 e. The summed E-state index contributed by atoms with van der Waals surface area (Å²) in [6.45, 7) is 6.56. The second-order valence-corrected chi connectivity index (χ2v) is 4.53. The molecular weight excluding hydrogens is 181 g/mol. The van der Waals surface area contributed by atoms with Crippen molar-refractivity contribution in [3.63, 3.8) is 0 Å². The second kappa shape index (κ2) is 2.50. The van der Waals surface area contributed by atoms with Crippen LogP contribution >= 0.6 is 0 Å². The Labute approximate surface area is 75.3 Å². The number of rotatable bonds is 1. The lowest BCUT2D eigenvalue weighted by atomic mass is 9.59. The van der Waals surface area contributed by atoms with Gasteiger partial charge in [0.25, 0.3) is 0 Å². The van der Waals surface area contributed by atoms with Crippen molar-refractivity contribution in [2.45, 2.75) is 38.5 Å². The van der Waals surface area contributed by atoms with Crippen molar-refractivity contribution in [1.29, 1.82) is 0 Å². The van der Waals surface area contributed by atoms with Crippen molar-refractivity contribution in [3.8, 4) is 0 Å². The van der Waals surface area contributed by atoms with Gasteiger partial charge in [-0.2, -0.15) is 13.2 Å². The molecular formula is C9H13F3O. The Morgan fingerprint density at radius 1 is 1.31 bits per heavy atom. The molecule has 76 valence electrons. The third kappa shape index (κ3) is 1.88. The van der Waals surface area contributed by atoms with Gasteiger partial charge in [-0.25, -0.2) is 0 Å². The van der Waals surface area contributed by atoms with Gasteiger partial charge in [0, 0.05) is 0 Å². The molecule has 0 atom stereocenters. The van der Waals surface area contributed by atoms with Gasteiger partial charge in [-0.3, -0.25) is 0 Å². The van der Waals surface area contributed by atoms with Crippen LogP contribution in [0.1, 0.15) is 26.7 Å². The molecule has 0 aromatic heterocycles. The molecule has 1 aliphatic carbocycles. The minimum atomic E-state index is -4.48. The van der Waals surface area contributed by atoms with Crippen molar-refractivity contribution in [1.82, 2.24) is 0 Å². The summed E-state index contributed by atoms with van der Waals surface area (Å²) in [5.74, 6) is 0. The quantitative estimate of drug-likeness (QED) is 0.636. The summed E-state index contributed by atoms with van der Waals surface area (Å²) in [5, 5.41) is 9.53. The first-order chi connectivity index (χ1) is 5.57. The maximum Gasteiger partial charge on any atom is 0.414 e. The summed E-state index contributed by atoms with van der Waals surface area (Å²) in [7, 11) is 0. The highest BCUT2D eigenvalue weighted by Crippen LogP contribution is 2.54. The molecule has 1 aliphatic rings. The molecule has 1 nitrogen and oxygen atoms in total. The fourth-order valence-corrected chi connectivity index (χ4v) is 2.01. The van der Waals surface area contributed by atoms with Gasteiger partial charge in [0.15, 0.2) is 0 Å². The number of halogens is 3. The van der Waals surface area contributed by atoms with Crippen LogP contribution in [0, 0.1) is 5.41 Å². The van der Waals surface area contributed by atoms with Crippen LogP contribution in [0.15, 0.2) is 12.2 Å². The molecule has 0 aliphatic heterocycles. The van der Waals surface area contributed by atoms with E-state index in [1.165, 1.54) is 0 Å². The van der Waals surface area contributed by atoms with Gasteiger partial charge in [-0.1, -0.05) is 20.4 Å². The molecule has 0 aromatic carbocycles. The van der Waals surface area contributed by atoms with Crippen molar-refractivity contribution < 1.29 is 18.3 Å². The van der Waals surface area contributed by atoms with Crippen LogP contribution in [0.4, 0.5) is 13.2 Å². The van der Waals surface area contributed by atoms with Crippen molar-refractivity contribution in [3.05, 3.63) is 12.2 Å². The SMILES string of the molecule is C=C(C(F)(F)F)C1(O)CC(C)(C)C1. The summed E-state index contributed by atoms with van der Waals surface area (Å²) < 4.78 is 36.5. The number of hydrogen-bond acceptors (Lipinski definition) is 1. The minimum absolute atomic E-state index is 0.137. The smallest absolute Gasteiger partial charge is 0.385 e. The number of aliphatic hydroxyl groups is 1. The molecule has 1 N–H and O–H groups in total. The first kappa shape index (κ1) is 10.6. The van der Waals surface area contributed by atoms with E-state index in [1.807, 2.05) is 13.8 Å². The predicted octanol–water partition coefficient (Wildman–Crippen LogP) is 2.66. The molecule has 0 bridgehead atoms. The lowest BCUT2D eigenvalue weighted by Crippen LogP contribution is -2.52. The zero-order valence-corrected chi connectivity index (χ0v) is 7.70. The van der Waals surface area contributed by atoms with Gasteiger partial charge in [0.05, 0.1) is 11.2 Å². The molecule has 0 aromatic rings. The molecule has 4 heteroatoms. The fraction of sp³-hybridized carbons (Fsp3) is 0.778. The molecule has 0 amide bonds. The maximum atomic E-state index is 12.2. The molecule has 0 spiro atoms. The Kier molecular flexibility index (Phi) is 2.03. The van der Waals surface area contributed by atoms with E-state index < -0.39 is 17.4 Å². The monoisotopic (exact) mass is 194 g/mol. The molecule has 0 unspecified atom stereocenters. The van der Waals surface area contributed by atoms with E-state index in [9.17, 15) is 18.3 Å². The highest BCUT2D eigenvalue weighted by molar-refractivity contribution is 5.24. The van der Waals surface area contributed by atoms with E-state index in [-0.39, 0.29) is 18.3 Å². The van der Waals surface area contributed by atoms with Crippen molar-refractivity contribution in [2.24, 2.45) is 5.41 Å². The third-order valence-corrected chi connectivity index (χ3v) is 2.45. The molecule has 0 saturated heterocycles. The summed E-state index contributed by atoms with van der Waals surface area (Å²) in [4.78, 5) is 0. The third-order valence-electron chi connectivity index (χ3n) is 2.45. The van der Waals surface area contributed by atoms with Crippen molar-refractivity contribution >= 4 is 0 Å². The minimum Gasteiger partial charge on any atom is -0.385 e. The molecule has 1 fully saturated rings. The first-order valence-corrected chi connectivity index (χ1v) is 4.06. The highest BCUT2D eigenvalue weighted by atomic mass is 19.4. The normalized spacial score (nSPS) is 25.1. The van der Waals surface area contributed by atoms with Crippen molar-refractivity contribution in [2.75, 3.05) is 0 Å². The average molecular weight is 194 g/mol. The standard InChI is InChI=1S/C9H13F3O/c1-6(9(10,11)12)8(13)4-7(2,3)5-8/h13H,1,4-5H2,2-3H3. The van der Waals surface area contributed by atoms with Crippen LogP contribution < -0.4 is 0 Å². The maximum absolute atomic E-state index is 12.2. The number of alkyl halides is 3. The lowest BCUT2D eigenvalue weighted by molar-refractivity contribution is -0.158. The summed E-state index contributed by atoms with van der Waals surface area (Å²) in [5.41, 5.74) is -2.94. The first-order valence-electron chi connectivity index (χ1n) is 4.06. The van der Waals surface area contributed by atoms with Crippen LogP contribution in [-0.2, 0) is 0 Å². The second-order valence-electron chi connectivity index (χ2n) is 4.53. The summed E-state index contributed by atoms with van der Waals surface area (Å²) in [6.07, 6.45) is -4.21. The van der Waals surface area contributed by atoms with Gasteiger partial charge in [-0.05, 0) is 18.3 Å². The van der Waals surface area contributed by atoms with Crippen LogP contribution in [0.5, 0.6) is 0 Å². The Hall–Kier alpha value is -0.510. The molecule has 0 heterocycles. The topological polar surface area (TPSA) is 20.2 Å². The van der Waals surface area contributed by atoms with E-state index in [4.69, 9.17) is 0 Å². The lowest BCUT2D eigenvalue weighted by Gasteiger charge is -2.50. The molecule has 1 saturated carbocycles. The van der Waals surface area contributed by atoms with Gasteiger partial charge in [-0.15, -0.1) is 0 Å². The van der Waals surface area contributed by atoms with Crippen LogP contribution in [-0.4, -0.2) is 16.9 Å². The Morgan fingerprint density at radius 3 is 1.92 bits per heavy atom. The van der Waals surface area contributed by atoms with E-state index in [0.717, 1.165) is 0 Å². The van der Waals surface area contributed by atoms with Crippen LogP contribution in [0.2, 0.25) is 0 Å². The van der Waals surface area contributed by atoms with Gasteiger partial charge in [0.1, 0.15) is 0 Å².